The standard InChI is InChI=1S/C30H31F2N5O3/c1-17-12-20(30(39)40-5)13-22(31)28(17)19-7-10-36(11-8-19)18(2)26-14-21-25(6-9-34-29(21)35(26)4)37-16-23(32)24(33-3)15-27(37)38/h6-7,9,12-16,18,33H,8,10-11H2,1-5H3/t18-/m0/s1. The van der Waals surface area contributed by atoms with Crippen LogP contribution in [0, 0.1) is 18.6 Å². The Kier molecular flexibility index (Phi) is 7.29. The zero-order valence-electron chi connectivity index (χ0n) is 23.1. The molecule has 8 nitrogen and oxygen atoms in total. The molecule has 1 N–H and O–H groups in total. The molecule has 0 bridgehead atoms. The number of aryl methyl sites for hydroxylation is 2. The van der Waals surface area contributed by atoms with Crippen LogP contribution in [-0.4, -0.2) is 52.2 Å². The third-order valence-electron chi connectivity index (χ3n) is 7.72. The number of fused-ring (bicyclic) bond motifs is 1. The summed E-state index contributed by atoms with van der Waals surface area (Å²) in [5.74, 6) is -1.53. The summed E-state index contributed by atoms with van der Waals surface area (Å²) < 4.78 is 37.6. The smallest absolute Gasteiger partial charge is 0.337 e. The molecule has 1 aliphatic heterocycles. The summed E-state index contributed by atoms with van der Waals surface area (Å²) in [6, 6.07) is 7.80. The maximum Gasteiger partial charge on any atom is 0.337 e. The summed E-state index contributed by atoms with van der Waals surface area (Å²) in [5.41, 5.74) is 4.32. The van der Waals surface area contributed by atoms with Crippen molar-refractivity contribution in [3.05, 3.63) is 93.2 Å². The Labute approximate surface area is 230 Å². The fourth-order valence-electron chi connectivity index (χ4n) is 5.56. The monoisotopic (exact) mass is 547 g/mol. The van der Waals surface area contributed by atoms with Gasteiger partial charge in [0.15, 0.2) is 5.82 Å². The first kappa shape index (κ1) is 27.3. The van der Waals surface area contributed by atoms with Crippen LogP contribution in [0.25, 0.3) is 22.3 Å². The second-order valence-electron chi connectivity index (χ2n) is 9.98. The largest absolute Gasteiger partial charge is 0.465 e. The second-order valence-corrected chi connectivity index (χ2v) is 9.98. The first-order valence-electron chi connectivity index (χ1n) is 13.0. The number of hydrogen-bond donors (Lipinski definition) is 1. The topological polar surface area (TPSA) is 81.4 Å². The number of nitrogens with one attached hydrogen (secondary N) is 1. The number of benzene rings is 1. The first-order valence-corrected chi connectivity index (χ1v) is 13.0. The molecule has 0 amide bonds. The summed E-state index contributed by atoms with van der Waals surface area (Å²) >= 11 is 0. The van der Waals surface area contributed by atoms with Gasteiger partial charge in [-0.05, 0) is 55.7 Å². The number of halogens is 2. The van der Waals surface area contributed by atoms with Gasteiger partial charge in [-0.3, -0.25) is 14.3 Å². The highest BCUT2D eigenvalue weighted by Gasteiger charge is 2.25. The van der Waals surface area contributed by atoms with E-state index >= 15 is 4.39 Å². The van der Waals surface area contributed by atoms with Crippen LogP contribution < -0.4 is 10.9 Å². The minimum absolute atomic E-state index is 0.0161. The number of rotatable bonds is 6. The van der Waals surface area contributed by atoms with Crippen LogP contribution in [0.15, 0.2) is 53.6 Å². The van der Waals surface area contributed by atoms with E-state index in [2.05, 4.69) is 22.1 Å². The van der Waals surface area contributed by atoms with Gasteiger partial charge in [0.25, 0.3) is 5.56 Å². The van der Waals surface area contributed by atoms with E-state index in [9.17, 15) is 14.0 Å². The molecule has 1 atom stereocenters. The van der Waals surface area contributed by atoms with E-state index in [1.165, 1.54) is 30.0 Å². The van der Waals surface area contributed by atoms with Crippen LogP contribution in [0.4, 0.5) is 14.5 Å². The molecule has 1 aromatic carbocycles. The third kappa shape index (κ3) is 4.68. The van der Waals surface area contributed by atoms with Crippen LogP contribution >= 0.6 is 0 Å². The van der Waals surface area contributed by atoms with Crippen molar-refractivity contribution in [2.75, 3.05) is 32.6 Å². The average molecular weight is 548 g/mol. The number of pyridine rings is 2. The molecule has 208 valence electrons. The minimum Gasteiger partial charge on any atom is -0.465 e. The molecule has 0 fully saturated rings. The van der Waals surface area contributed by atoms with Crippen LogP contribution in [0.2, 0.25) is 0 Å². The van der Waals surface area contributed by atoms with Gasteiger partial charge in [-0.15, -0.1) is 0 Å². The molecule has 5 rings (SSSR count). The van der Waals surface area contributed by atoms with Gasteiger partial charge in [0, 0.05) is 62.1 Å². The van der Waals surface area contributed by atoms with Gasteiger partial charge in [-0.2, -0.15) is 0 Å². The van der Waals surface area contributed by atoms with Gasteiger partial charge in [0.1, 0.15) is 11.5 Å². The highest BCUT2D eigenvalue weighted by Crippen LogP contribution is 2.34. The van der Waals surface area contributed by atoms with E-state index in [1.807, 2.05) is 23.8 Å². The molecule has 4 aromatic rings. The first-order chi connectivity index (χ1) is 19.1. The fraction of sp³-hybridized carbons (Fsp3) is 0.300. The van der Waals surface area contributed by atoms with E-state index < -0.39 is 17.6 Å². The summed E-state index contributed by atoms with van der Waals surface area (Å²) in [4.78, 5) is 31.5. The zero-order valence-corrected chi connectivity index (χ0v) is 23.1. The molecule has 10 heteroatoms. The molecule has 0 unspecified atom stereocenters. The van der Waals surface area contributed by atoms with Crippen LogP contribution in [0.1, 0.15) is 46.6 Å². The Morgan fingerprint density at radius 2 is 1.95 bits per heavy atom. The van der Waals surface area contributed by atoms with E-state index in [-0.39, 0.29) is 22.9 Å². The molecular formula is C30H31F2N5O3. The predicted molar refractivity (Wildman–Crippen MR) is 151 cm³/mol. The van der Waals surface area contributed by atoms with Crippen molar-refractivity contribution in [2.24, 2.45) is 7.05 Å². The third-order valence-corrected chi connectivity index (χ3v) is 7.72. The van der Waals surface area contributed by atoms with Crippen molar-refractivity contribution < 1.29 is 18.3 Å². The number of aromatic nitrogens is 3. The van der Waals surface area contributed by atoms with Crippen molar-refractivity contribution in [3.8, 4) is 5.69 Å². The van der Waals surface area contributed by atoms with Gasteiger partial charge in [-0.25, -0.2) is 18.6 Å². The maximum atomic E-state index is 15.0. The lowest BCUT2D eigenvalue weighted by Crippen LogP contribution is -2.32. The second kappa shape index (κ2) is 10.7. The molecule has 0 aliphatic carbocycles. The maximum absolute atomic E-state index is 15.0. The molecule has 4 heterocycles. The van der Waals surface area contributed by atoms with Crippen molar-refractivity contribution in [1.82, 2.24) is 19.0 Å². The van der Waals surface area contributed by atoms with Crippen LogP contribution in [0.3, 0.4) is 0 Å². The Balaban J connectivity index is 1.45. The van der Waals surface area contributed by atoms with Crippen molar-refractivity contribution in [1.29, 1.82) is 0 Å². The molecule has 1 aliphatic rings. The highest BCUT2D eigenvalue weighted by atomic mass is 19.1. The Hall–Kier alpha value is -4.31. The number of methoxy groups -OCH3 is 1. The number of hydrogen-bond acceptors (Lipinski definition) is 6. The summed E-state index contributed by atoms with van der Waals surface area (Å²) in [5, 5.41) is 3.43. The Morgan fingerprint density at radius 1 is 1.18 bits per heavy atom. The number of esters is 1. The van der Waals surface area contributed by atoms with E-state index in [1.54, 1.807) is 32.3 Å². The molecule has 0 spiro atoms. The quantitative estimate of drug-likeness (QED) is 0.343. The number of carbonyl (C=O) groups excluding carboxylic acids is 1. The normalized spacial score (nSPS) is 14.7. The summed E-state index contributed by atoms with van der Waals surface area (Å²) in [7, 11) is 4.76. The highest BCUT2D eigenvalue weighted by molar-refractivity contribution is 5.90. The lowest BCUT2D eigenvalue weighted by Gasteiger charge is -2.32. The molecule has 40 heavy (non-hydrogen) atoms. The van der Waals surface area contributed by atoms with Gasteiger partial charge in [0.05, 0.1) is 30.2 Å². The molecule has 0 saturated carbocycles. The lowest BCUT2D eigenvalue weighted by atomic mass is 9.93. The van der Waals surface area contributed by atoms with Crippen molar-refractivity contribution >= 4 is 28.3 Å². The Bertz CT molecular complexity index is 1700. The Morgan fingerprint density at radius 3 is 2.60 bits per heavy atom. The predicted octanol–water partition coefficient (Wildman–Crippen LogP) is 4.99. The molecule has 3 aromatic heterocycles. The van der Waals surface area contributed by atoms with Gasteiger partial charge in [-0.1, -0.05) is 6.08 Å². The lowest BCUT2D eigenvalue weighted by molar-refractivity contribution is 0.0600. The van der Waals surface area contributed by atoms with E-state index in [0.717, 1.165) is 16.7 Å². The number of anilines is 1. The average Bonchev–Trinajstić information content (AvgIpc) is 3.29. The fourth-order valence-corrected chi connectivity index (χ4v) is 5.56. The molecule has 0 radical (unpaired) electrons. The summed E-state index contributed by atoms with van der Waals surface area (Å²) in [6.07, 6.45) is 5.47. The number of nitrogens with zero attached hydrogens (tertiary/aromatic N) is 4. The van der Waals surface area contributed by atoms with Crippen LogP contribution in [0.5, 0.6) is 0 Å². The van der Waals surface area contributed by atoms with Crippen molar-refractivity contribution in [2.45, 2.75) is 26.3 Å². The van der Waals surface area contributed by atoms with E-state index in [0.29, 0.717) is 42.0 Å². The molecule has 0 saturated heterocycles. The number of carbonyl (C=O) groups is 1. The van der Waals surface area contributed by atoms with Gasteiger partial charge < -0.3 is 14.6 Å². The van der Waals surface area contributed by atoms with Gasteiger partial charge >= 0.3 is 5.97 Å². The van der Waals surface area contributed by atoms with Crippen LogP contribution in [-0.2, 0) is 11.8 Å². The molecular weight excluding hydrogens is 516 g/mol. The summed E-state index contributed by atoms with van der Waals surface area (Å²) in [6.45, 7) is 5.19. The van der Waals surface area contributed by atoms with E-state index in [4.69, 9.17) is 4.74 Å². The minimum atomic E-state index is -0.566. The zero-order chi connectivity index (χ0) is 28.7. The SMILES string of the molecule is CNc1cc(=O)n(-c2ccnc3c2cc([C@H](C)N2CC=C(c4c(C)cc(C(=O)OC)cc4F)CC2)n3C)cc1F. The number of ether oxygens (including phenoxy) is 1. The van der Waals surface area contributed by atoms with Crippen molar-refractivity contribution in [3.63, 3.8) is 0 Å². The van der Waals surface area contributed by atoms with Gasteiger partial charge in [0.2, 0.25) is 0 Å².